The Bertz CT molecular complexity index is 1310. The van der Waals surface area contributed by atoms with Crippen molar-refractivity contribution >= 4 is 22.9 Å². The molecule has 1 aliphatic heterocycles. The Labute approximate surface area is 199 Å². The molecule has 34 heavy (non-hydrogen) atoms. The zero-order valence-electron chi connectivity index (χ0n) is 20.3. The number of imidazole rings is 1. The maximum atomic E-state index is 10.3. The number of rotatable bonds is 7. The fourth-order valence-electron chi connectivity index (χ4n) is 4.68. The number of piperidine rings is 1. The van der Waals surface area contributed by atoms with E-state index in [1.807, 2.05) is 23.7 Å². The van der Waals surface area contributed by atoms with Crippen LogP contribution in [0.1, 0.15) is 48.7 Å². The lowest BCUT2D eigenvalue weighted by molar-refractivity contribution is 0.0883. The van der Waals surface area contributed by atoms with Crippen molar-refractivity contribution in [1.82, 2.24) is 29.3 Å². The van der Waals surface area contributed by atoms with Crippen LogP contribution in [0.3, 0.4) is 0 Å². The van der Waals surface area contributed by atoms with Crippen LogP contribution >= 0.6 is 0 Å². The summed E-state index contributed by atoms with van der Waals surface area (Å²) >= 11 is 0. The van der Waals surface area contributed by atoms with Crippen LogP contribution in [0.4, 0.5) is 11.6 Å². The van der Waals surface area contributed by atoms with Gasteiger partial charge in [-0.1, -0.05) is 13.8 Å². The summed E-state index contributed by atoms with van der Waals surface area (Å²) < 4.78 is 4.01. The number of β-amino-alcohol motifs (C(OH)–C–C–N with tert-alkyl or cyclic N) is 1. The van der Waals surface area contributed by atoms with E-state index in [1.54, 1.807) is 0 Å². The third-order valence-electron chi connectivity index (χ3n) is 6.77. The van der Waals surface area contributed by atoms with Gasteiger partial charge in [-0.25, -0.2) is 9.97 Å². The van der Waals surface area contributed by atoms with Crippen LogP contribution < -0.4 is 16.0 Å². The molecule has 0 bridgehead atoms. The van der Waals surface area contributed by atoms with E-state index in [1.165, 1.54) is 5.56 Å². The number of aromatic nitrogens is 5. The summed E-state index contributed by atoms with van der Waals surface area (Å²) in [6, 6.07) is 6.20. The van der Waals surface area contributed by atoms with Crippen LogP contribution in [-0.2, 0) is 6.54 Å². The molecule has 0 radical (unpaired) electrons. The topological polar surface area (TPSA) is 104 Å². The molecule has 0 aromatic carbocycles. The highest BCUT2D eigenvalue weighted by Crippen LogP contribution is 2.25. The van der Waals surface area contributed by atoms with Crippen LogP contribution in [0.5, 0.6) is 0 Å². The predicted molar refractivity (Wildman–Crippen MR) is 135 cm³/mol. The highest BCUT2D eigenvalue weighted by molar-refractivity contribution is 5.61. The third-order valence-corrected chi connectivity index (χ3v) is 6.77. The molecule has 4 N–H and O–H groups in total. The molecule has 9 nitrogen and oxygen atoms in total. The fraction of sp³-hybridized carbons (Fsp3) is 0.480. The number of aliphatic hydroxyl groups excluding tert-OH is 1. The summed E-state index contributed by atoms with van der Waals surface area (Å²) in [5.74, 6) is 2.17. The van der Waals surface area contributed by atoms with Gasteiger partial charge in [0.25, 0.3) is 0 Å². The summed E-state index contributed by atoms with van der Waals surface area (Å²) in [6.07, 6.45) is 4.58. The molecule has 5 heterocycles. The van der Waals surface area contributed by atoms with Crippen LogP contribution in [-0.4, -0.2) is 54.8 Å². The zero-order chi connectivity index (χ0) is 23.8. The first kappa shape index (κ1) is 22.6. The first-order chi connectivity index (χ1) is 16.4. The van der Waals surface area contributed by atoms with Gasteiger partial charge in [-0.15, -0.1) is 0 Å². The molecular weight excluding hydrogens is 428 g/mol. The van der Waals surface area contributed by atoms with Crippen molar-refractivity contribution in [1.29, 1.82) is 0 Å². The maximum absolute atomic E-state index is 10.3. The number of aliphatic hydroxyl groups is 1. The molecule has 4 aromatic rings. The van der Waals surface area contributed by atoms with Crippen LogP contribution in [0.2, 0.25) is 0 Å². The molecule has 0 spiro atoms. The van der Waals surface area contributed by atoms with Crippen molar-refractivity contribution in [3.63, 3.8) is 0 Å². The second-order valence-electron chi connectivity index (χ2n) is 9.65. The van der Waals surface area contributed by atoms with E-state index in [0.717, 1.165) is 52.8 Å². The Morgan fingerprint density at radius 3 is 2.85 bits per heavy atom. The first-order valence-corrected chi connectivity index (χ1v) is 12.1. The Morgan fingerprint density at radius 2 is 2.06 bits per heavy atom. The third kappa shape index (κ3) is 4.33. The molecule has 4 aromatic heterocycles. The molecule has 2 atom stereocenters. The van der Waals surface area contributed by atoms with Gasteiger partial charge in [0.15, 0.2) is 5.65 Å². The van der Waals surface area contributed by atoms with Gasteiger partial charge in [0.2, 0.25) is 0 Å². The average molecular weight is 463 g/mol. The lowest BCUT2D eigenvalue weighted by atomic mass is 9.95. The van der Waals surface area contributed by atoms with E-state index in [0.29, 0.717) is 25.6 Å². The standard InChI is InChI=1S/C25H34N8O/c1-15(2)19-12-29-33-23(28-13-20-17(4)30-24-9-16(3)6-8-32(20)24)10-22(31-25(19)33)27-11-18-5-7-26-14-21(18)34/h6,8-10,12,15,18,21,26,28,34H,5,7,11,13-14H2,1-4H3,(H,27,31)/t18-,21+/m1/s1. The summed E-state index contributed by atoms with van der Waals surface area (Å²) in [7, 11) is 0. The Morgan fingerprint density at radius 1 is 1.21 bits per heavy atom. The van der Waals surface area contributed by atoms with Crippen molar-refractivity contribution in [2.45, 2.75) is 52.7 Å². The highest BCUT2D eigenvalue weighted by atomic mass is 16.3. The van der Waals surface area contributed by atoms with Gasteiger partial charge in [-0.3, -0.25) is 0 Å². The van der Waals surface area contributed by atoms with E-state index in [2.05, 4.69) is 64.6 Å². The summed E-state index contributed by atoms with van der Waals surface area (Å²) in [6.45, 7) is 11.3. The highest BCUT2D eigenvalue weighted by Gasteiger charge is 2.23. The van der Waals surface area contributed by atoms with Gasteiger partial charge >= 0.3 is 0 Å². The smallest absolute Gasteiger partial charge is 0.163 e. The largest absolute Gasteiger partial charge is 0.391 e. The summed E-state index contributed by atoms with van der Waals surface area (Å²) in [5, 5.41) is 25.2. The Kier molecular flexibility index (Phi) is 6.14. The SMILES string of the molecule is Cc1ccn2c(CNc3cc(NC[C@H]4CCNC[C@@H]4O)nc4c(C(C)C)cnn34)c(C)nc2c1. The maximum Gasteiger partial charge on any atom is 0.163 e. The van der Waals surface area contributed by atoms with Gasteiger partial charge < -0.3 is 25.5 Å². The second kappa shape index (κ2) is 9.23. The van der Waals surface area contributed by atoms with E-state index in [9.17, 15) is 5.11 Å². The molecule has 0 amide bonds. The van der Waals surface area contributed by atoms with Gasteiger partial charge in [0, 0.05) is 36.8 Å². The second-order valence-corrected chi connectivity index (χ2v) is 9.65. The minimum absolute atomic E-state index is 0.203. The predicted octanol–water partition coefficient (Wildman–Crippen LogP) is 3.11. The molecule has 1 fully saturated rings. The van der Waals surface area contributed by atoms with Gasteiger partial charge in [-0.2, -0.15) is 9.61 Å². The van der Waals surface area contributed by atoms with Crippen LogP contribution in [0, 0.1) is 19.8 Å². The minimum atomic E-state index is -0.342. The normalized spacial score (nSPS) is 18.8. The first-order valence-electron chi connectivity index (χ1n) is 12.1. The molecular formula is C25H34N8O. The number of fused-ring (bicyclic) bond motifs is 2. The number of anilines is 2. The van der Waals surface area contributed by atoms with Gasteiger partial charge in [-0.05, 0) is 50.4 Å². The number of nitrogens with one attached hydrogen (secondary N) is 3. The number of hydrogen-bond acceptors (Lipinski definition) is 7. The van der Waals surface area contributed by atoms with Crippen LogP contribution in [0.15, 0.2) is 30.6 Å². The quantitative estimate of drug-likeness (QED) is 0.335. The molecule has 5 rings (SSSR count). The monoisotopic (exact) mass is 462 g/mol. The van der Waals surface area contributed by atoms with Gasteiger partial charge in [0.1, 0.15) is 17.3 Å². The molecule has 0 aliphatic carbocycles. The molecule has 9 heteroatoms. The lowest BCUT2D eigenvalue weighted by Gasteiger charge is -2.28. The van der Waals surface area contributed by atoms with Crippen molar-refractivity contribution in [2.75, 3.05) is 30.3 Å². The number of aryl methyl sites for hydroxylation is 2. The average Bonchev–Trinajstić information content (AvgIpc) is 3.37. The minimum Gasteiger partial charge on any atom is -0.391 e. The summed E-state index contributed by atoms with van der Waals surface area (Å²) in [4.78, 5) is 9.61. The summed E-state index contributed by atoms with van der Waals surface area (Å²) in [5.41, 5.74) is 6.22. The molecule has 0 unspecified atom stereocenters. The van der Waals surface area contributed by atoms with Crippen molar-refractivity contribution < 1.29 is 5.11 Å². The molecule has 1 saturated heterocycles. The van der Waals surface area contributed by atoms with Crippen LogP contribution in [0.25, 0.3) is 11.3 Å². The van der Waals surface area contributed by atoms with Gasteiger partial charge in [0.05, 0.1) is 30.2 Å². The number of nitrogens with zero attached hydrogens (tertiary/aromatic N) is 5. The van der Waals surface area contributed by atoms with Crippen molar-refractivity contribution in [3.05, 3.63) is 53.1 Å². The zero-order valence-corrected chi connectivity index (χ0v) is 20.3. The van der Waals surface area contributed by atoms with E-state index in [-0.39, 0.29) is 12.0 Å². The molecule has 180 valence electrons. The Balaban J connectivity index is 1.44. The molecule has 1 aliphatic rings. The molecule has 0 saturated carbocycles. The fourth-order valence-corrected chi connectivity index (χ4v) is 4.68. The van der Waals surface area contributed by atoms with E-state index < -0.39 is 0 Å². The van der Waals surface area contributed by atoms with E-state index in [4.69, 9.17) is 9.97 Å². The Hall–Kier alpha value is -3.17. The van der Waals surface area contributed by atoms with Crippen molar-refractivity contribution in [2.24, 2.45) is 5.92 Å². The van der Waals surface area contributed by atoms with Crippen molar-refractivity contribution in [3.8, 4) is 0 Å². The lowest BCUT2D eigenvalue weighted by Crippen LogP contribution is -2.43. The van der Waals surface area contributed by atoms with E-state index >= 15 is 0 Å². The number of hydrogen-bond donors (Lipinski definition) is 4. The number of pyridine rings is 1.